The quantitative estimate of drug-likeness (QED) is 0.842. The Labute approximate surface area is 161 Å². The van der Waals surface area contributed by atoms with Crippen molar-refractivity contribution in [1.82, 2.24) is 0 Å². The van der Waals surface area contributed by atoms with Crippen LogP contribution in [-0.2, 0) is 11.2 Å². The number of ether oxygens (including phenoxy) is 2. The summed E-state index contributed by atoms with van der Waals surface area (Å²) < 4.78 is 34.2. The van der Waals surface area contributed by atoms with Crippen LogP contribution in [0.25, 0.3) is 0 Å². The molecule has 0 unspecified atom stereocenters. The van der Waals surface area contributed by atoms with Crippen molar-refractivity contribution in [3.05, 3.63) is 47.5 Å². The first-order chi connectivity index (χ1) is 13.4. The molecule has 0 aliphatic carbocycles. The Morgan fingerprint density at radius 1 is 1.14 bits per heavy atom. The van der Waals surface area contributed by atoms with Gasteiger partial charge in [0.05, 0.1) is 7.11 Å². The maximum absolute atomic E-state index is 12.5. The van der Waals surface area contributed by atoms with E-state index in [0.717, 1.165) is 24.1 Å². The summed E-state index contributed by atoms with van der Waals surface area (Å²) in [5, 5.41) is 2.78. The third-order valence-electron chi connectivity index (χ3n) is 4.48. The smallest absolute Gasteiger partial charge is 0.387 e. The molecule has 0 atom stereocenters. The van der Waals surface area contributed by atoms with Crippen LogP contribution in [0.15, 0.2) is 36.4 Å². The number of alkyl halides is 2. The van der Waals surface area contributed by atoms with Gasteiger partial charge in [-0.05, 0) is 54.8 Å². The average molecular weight is 390 g/mol. The fourth-order valence-corrected chi connectivity index (χ4v) is 3.21. The van der Waals surface area contributed by atoms with E-state index in [4.69, 9.17) is 4.74 Å². The highest BCUT2D eigenvalue weighted by Crippen LogP contribution is 2.31. The Morgan fingerprint density at radius 3 is 2.61 bits per heavy atom. The van der Waals surface area contributed by atoms with Crippen LogP contribution in [0.1, 0.15) is 29.3 Å². The lowest BCUT2D eigenvalue weighted by Crippen LogP contribution is -2.33. The van der Waals surface area contributed by atoms with Gasteiger partial charge >= 0.3 is 6.61 Å². The highest BCUT2D eigenvalue weighted by molar-refractivity contribution is 6.05. The van der Waals surface area contributed by atoms with Crippen LogP contribution in [0.2, 0.25) is 0 Å². The first-order valence-electron chi connectivity index (χ1n) is 8.74. The number of hydrogen-bond donors (Lipinski definition) is 1. The third-order valence-corrected chi connectivity index (χ3v) is 4.48. The molecule has 8 heteroatoms. The summed E-state index contributed by atoms with van der Waals surface area (Å²) in [5.41, 5.74) is 2.66. The summed E-state index contributed by atoms with van der Waals surface area (Å²) in [7, 11) is 1.31. The molecule has 0 spiro atoms. The zero-order valence-corrected chi connectivity index (χ0v) is 15.5. The van der Waals surface area contributed by atoms with Gasteiger partial charge in [0.15, 0.2) is 11.5 Å². The number of benzene rings is 2. The monoisotopic (exact) mass is 390 g/mol. The number of fused-ring (bicyclic) bond motifs is 1. The molecule has 3 rings (SSSR count). The number of methoxy groups -OCH3 is 1. The van der Waals surface area contributed by atoms with E-state index in [9.17, 15) is 18.4 Å². The predicted octanol–water partition coefficient (Wildman–Crippen LogP) is 3.85. The number of halogens is 2. The van der Waals surface area contributed by atoms with Crippen LogP contribution < -0.4 is 19.7 Å². The van der Waals surface area contributed by atoms with E-state index in [1.807, 2.05) is 12.1 Å². The number of carbonyl (C=O) groups is 2. The molecule has 0 bridgehead atoms. The van der Waals surface area contributed by atoms with E-state index in [2.05, 4.69) is 10.1 Å². The van der Waals surface area contributed by atoms with Crippen LogP contribution in [0.4, 0.5) is 20.2 Å². The molecule has 0 saturated heterocycles. The minimum absolute atomic E-state index is 0.0177. The van der Waals surface area contributed by atoms with Crippen LogP contribution in [0, 0.1) is 0 Å². The van der Waals surface area contributed by atoms with Gasteiger partial charge in [0.2, 0.25) is 5.91 Å². The maximum atomic E-state index is 12.5. The molecule has 1 aliphatic heterocycles. The average Bonchev–Trinajstić information content (AvgIpc) is 2.67. The zero-order chi connectivity index (χ0) is 20.3. The van der Waals surface area contributed by atoms with E-state index >= 15 is 0 Å². The lowest BCUT2D eigenvalue weighted by Gasteiger charge is -2.29. The second-order valence-electron chi connectivity index (χ2n) is 6.32. The van der Waals surface area contributed by atoms with Gasteiger partial charge in [-0.3, -0.25) is 9.59 Å². The first kappa shape index (κ1) is 19.6. The topological polar surface area (TPSA) is 67.9 Å². The van der Waals surface area contributed by atoms with Gasteiger partial charge < -0.3 is 19.7 Å². The molecule has 1 aliphatic rings. The van der Waals surface area contributed by atoms with Crippen molar-refractivity contribution in [3.63, 3.8) is 0 Å². The molecular weight excluding hydrogens is 370 g/mol. The number of nitrogens with one attached hydrogen (secondary N) is 1. The molecule has 6 nitrogen and oxygen atoms in total. The van der Waals surface area contributed by atoms with Crippen molar-refractivity contribution in [2.24, 2.45) is 0 Å². The van der Waals surface area contributed by atoms with Gasteiger partial charge in [-0.25, -0.2) is 0 Å². The van der Waals surface area contributed by atoms with Crippen molar-refractivity contribution in [2.75, 3.05) is 23.9 Å². The van der Waals surface area contributed by atoms with Crippen molar-refractivity contribution >= 4 is 23.2 Å². The fraction of sp³-hybridized carbons (Fsp3) is 0.300. The van der Waals surface area contributed by atoms with Gasteiger partial charge in [-0.2, -0.15) is 8.78 Å². The third kappa shape index (κ3) is 4.21. The lowest BCUT2D eigenvalue weighted by atomic mass is 10.0. The van der Waals surface area contributed by atoms with E-state index in [0.29, 0.717) is 12.2 Å². The van der Waals surface area contributed by atoms with E-state index < -0.39 is 12.5 Å². The van der Waals surface area contributed by atoms with Crippen molar-refractivity contribution in [1.29, 1.82) is 0 Å². The zero-order valence-electron chi connectivity index (χ0n) is 15.5. The molecule has 0 aromatic heterocycles. The summed E-state index contributed by atoms with van der Waals surface area (Å²) in [4.78, 5) is 26.0. The Kier molecular flexibility index (Phi) is 5.77. The largest absolute Gasteiger partial charge is 0.493 e. The standard InChI is InChI=1S/C20H20F2N2O4/c1-12(25)24-9-3-4-13-10-15(6-7-16(13)24)23-19(26)14-5-8-17(28-20(21)22)18(11-14)27-2/h5-8,10-11,20H,3-4,9H2,1-2H3,(H,23,26). The normalized spacial score (nSPS) is 13.1. The molecule has 1 N–H and O–H groups in total. The van der Waals surface area contributed by atoms with Crippen LogP contribution in [0.3, 0.4) is 0 Å². The maximum Gasteiger partial charge on any atom is 0.387 e. The molecule has 0 radical (unpaired) electrons. The minimum atomic E-state index is -2.99. The predicted molar refractivity (Wildman–Crippen MR) is 100 cm³/mol. The van der Waals surface area contributed by atoms with E-state index in [1.54, 1.807) is 11.0 Å². The molecule has 2 amide bonds. The van der Waals surface area contributed by atoms with Crippen molar-refractivity contribution < 1.29 is 27.8 Å². The Morgan fingerprint density at radius 2 is 1.93 bits per heavy atom. The SMILES string of the molecule is COc1cc(C(=O)Nc2ccc3c(c2)CCCN3C(C)=O)ccc1OC(F)F. The number of rotatable bonds is 5. The fourth-order valence-electron chi connectivity index (χ4n) is 3.21. The second kappa shape index (κ2) is 8.24. The van der Waals surface area contributed by atoms with Crippen LogP contribution >= 0.6 is 0 Å². The van der Waals surface area contributed by atoms with Crippen LogP contribution in [-0.4, -0.2) is 32.1 Å². The lowest BCUT2D eigenvalue weighted by molar-refractivity contribution is -0.116. The molecule has 2 aromatic carbocycles. The van der Waals surface area contributed by atoms with Gasteiger partial charge in [0.1, 0.15) is 0 Å². The van der Waals surface area contributed by atoms with Crippen molar-refractivity contribution in [3.8, 4) is 11.5 Å². The molecular formula is C20H20F2N2O4. The summed E-state index contributed by atoms with van der Waals surface area (Å²) >= 11 is 0. The van der Waals surface area contributed by atoms with Gasteiger partial charge in [-0.1, -0.05) is 0 Å². The molecule has 0 fully saturated rings. The van der Waals surface area contributed by atoms with E-state index in [-0.39, 0.29) is 23.0 Å². The Hall–Kier alpha value is -3.16. The molecule has 28 heavy (non-hydrogen) atoms. The number of anilines is 2. The Bertz CT molecular complexity index is 902. The van der Waals surface area contributed by atoms with Crippen LogP contribution in [0.5, 0.6) is 11.5 Å². The summed E-state index contributed by atoms with van der Waals surface area (Å²) in [6.07, 6.45) is 1.67. The molecule has 1 heterocycles. The summed E-state index contributed by atoms with van der Waals surface area (Å²) in [6.45, 7) is -0.779. The number of hydrogen-bond acceptors (Lipinski definition) is 4. The number of nitrogens with zero attached hydrogens (tertiary/aromatic N) is 1. The van der Waals surface area contributed by atoms with Gasteiger partial charge in [0, 0.05) is 30.4 Å². The number of amides is 2. The highest BCUT2D eigenvalue weighted by Gasteiger charge is 2.20. The molecule has 2 aromatic rings. The number of aryl methyl sites for hydroxylation is 1. The summed E-state index contributed by atoms with van der Waals surface area (Å²) in [6, 6.07) is 9.36. The second-order valence-corrected chi connectivity index (χ2v) is 6.32. The molecule has 0 saturated carbocycles. The first-order valence-corrected chi connectivity index (χ1v) is 8.74. The highest BCUT2D eigenvalue weighted by atomic mass is 19.3. The van der Waals surface area contributed by atoms with Gasteiger partial charge in [-0.15, -0.1) is 0 Å². The van der Waals surface area contributed by atoms with Crippen molar-refractivity contribution in [2.45, 2.75) is 26.4 Å². The minimum Gasteiger partial charge on any atom is -0.493 e. The number of carbonyl (C=O) groups excluding carboxylic acids is 2. The van der Waals surface area contributed by atoms with E-state index in [1.165, 1.54) is 32.2 Å². The summed E-state index contributed by atoms with van der Waals surface area (Å²) in [5.74, 6) is -0.542. The Balaban J connectivity index is 1.79. The van der Waals surface area contributed by atoms with Gasteiger partial charge in [0.25, 0.3) is 5.91 Å². The molecule has 148 valence electrons.